The van der Waals surface area contributed by atoms with E-state index in [1.807, 2.05) is 18.3 Å². The molecule has 88 valence electrons. The molecule has 1 fully saturated rings. The first-order chi connectivity index (χ1) is 8.36. The van der Waals surface area contributed by atoms with Gasteiger partial charge < -0.3 is 9.69 Å². The van der Waals surface area contributed by atoms with Crippen LogP contribution in [0.2, 0.25) is 0 Å². The molecule has 0 saturated carbocycles. The summed E-state index contributed by atoms with van der Waals surface area (Å²) in [6.45, 7) is 1.81. The van der Waals surface area contributed by atoms with E-state index < -0.39 is 0 Å². The molecule has 0 atom stereocenters. The molecule has 1 aliphatic heterocycles. The number of piperidine rings is 1. The Bertz CT molecular complexity index is 528. The highest BCUT2D eigenvalue weighted by Gasteiger charge is 2.19. The zero-order chi connectivity index (χ0) is 11.7. The summed E-state index contributed by atoms with van der Waals surface area (Å²) in [5, 5.41) is 4.12. The van der Waals surface area contributed by atoms with Gasteiger partial charge in [0.05, 0.1) is 6.20 Å². The molecule has 5 heteroatoms. The van der Waals surface area contributed by atoms with E-state index in [9.17, 15) is 4.79 Å². The summed E-state index contributed by atoms with van der Waals surface area (Å²) in [7, 11) is 0. The molecule has 0 bridgehead atoms. The van der Waals surface area contributed by atoms with Gasteiger partial charge in [-0.3, -0.25) is 0 Å². The summed E-state index contributed by atoms with van der Waals surface area (Å²) >= 11 is 0. The van der Waals surface area contributed by atoms with Crippen molar-refractivity contribution < 1.29 is 4.79 Å². The monoisotopic (exact) mass is 230 g/mol. The van der Waals surface area contributed by atoms with Gasteiger partial charge in [-0.25, -0.2) is 9.50 Å². The van der Waals surface area contributed by atoms with Gasteiger partial charge in [-0.1, -0.05) is 0 Å². The maximum atomic E-state index is 10.7. The molecule has 0 radical (unpaired) electrons. The summed E-state index contributed by atoms with van der Waals surface area (Å²) in [5.41, 5.74) is 0.861. The van der Waals surface area contributed by atoms with E-state index in [-0.39, 0.29) is 5.92 Å². The number of nitrogens with zero attached hydrogens (tertiary/aromatic N) is 4. The van der Waals surface area contributed by atoms with Crippen LogP contribution in [0.15, 0.2) is 24.5 Å². The standard InChI is InChI=1S/C12H14N4O/c17-9-10-2-6-15(7-3-10)11-4-8-16-12(14-11)1-5-13-16/h1,4-5,8-10H,2-3,6-7H2. The van der Waals surface area contributed by atoms with Gasteiger partial charge in [0, 0.05) is 31.3 Å². The molecule has 1 aliphatic rings. The van der Waals surface area contributed by atoms with Gasteiger partial charge in [-0.15, -0.1) is 0 Å². The Labute approximate surface area is 99.1 Å². The third-order valence-electron chi connectivity index (χ3n) is 3.30. The maximum Gasteiger partial charge on any atom is 0.157 e. The Hall–Kier alpha value is -1.91. The van der Waals surface area contributed by atoms with E-state index in [1.165, 1.54) is 0 Å². The molecule has 5 nitrogen and oxygen atoms in total. The minimum atomic E-state index is 0.227. The fourth-order valence-electron chi connectivity index (χ4n) is 2.24. The lowest BCUT2D eigenvalue weighted by Gasteiger charge is -2.30. The van der Waals surface area contributed by atoms with E-state index in [1.54, 1.807) is 10.7 Å². The molecule has 0 aromatic carbocycles. The highest BCUT2D eigenvalue weighted by molar-refractivity contribution is 5.55. The molecule has 0 spiro atoms. The van der Waals surface area contributed by atoms with Gasteiger partial charge in [-0.05, 0) is 18.9 Å². The first-order valence-electron chi connectivity index (χ1n) is 5.87. The Morgan fingerprint density at radius 1 is 1.29 bits per heavy atom. The highest BCUT2D eigenvalue weighted by atomic mass is 16.1. The summed E-state index contributed by atoms with van der Waals surface area (Å²) in [4.78, 5) is 17.5. The normalized spacial score (nSPS) is 17.5. The van der Waals surface area contributed by atoms with Crippen LogP contribution in [0, 0.1) is 5.92 Å². The van der Waals surface area contributed by atoms with Gasteiger partial charge >= 0.3 is 0 Å². The average Bonchev–Trinajstić information content (AvgIpc) is 2.86. The average molecular weight is 230 g/mol. The Morgan fingerprint density at radius 2 is 2.12 bits per heavy atom. The molecule has 2 aromatic heterocycles. The van der Waals surface area contributed by atoms with Crippen molar-refractivity contribution in [2.24, 2.45) is 5.92 Å². The summed E-state index contributed by atoms with van der Waals surface area (Å²) in [5.74, 6) is 1.20. The largest absolute Gasteiger partial charge is 0.356 e. The zero-order valence-corrected chi connectivity index (χ0v) is 9.49. The summed E-state index contributed by atoms with van der Waals surface area (Å²) < 4.78 is 1.75. The lowest BCUT2D eigenvalue weighted by molar-refractivity contribution is -0.111. The summed E-state index contributed by atoms with van der Waals surface area (Å²) in [6.07, 6.45) is 6.59. The van der Waals surface area contributed by atoms with Crippen LogP contribution >= 0.6 is 0 Å². The van der Waals surface area contributed by atoms with Crippen molar-refractivity contribution in [1.82, 2.24) is 14.6 Å². The van der Waals surface area contributed by atoms with Crippen LogP contribution in [0.5, 0.6) is 0 Å². The molecule has 3 heterocycles. The number of hydrogen-bond donors (Lipinski definition) is 0. The first kappa shape index (κ1) is 10.3. The second-order valence-electron chi connectivity index (χ2n) is 4.38. The quantitative estimate of drug-likeness (QED) is 0.726. The smallest absolute Gasteiger partial charge is 0.157 e. The van der Waals surface area contributed by atoms with Gasteiger partial charge in [0.2, 0.25) is 0 Å². The molecule has 1 saturated heterocycles. The zero-order valence-electron chi connectivity index (χ0n) is 9.49. The van der Waals surface area contributed by atoms with Gasteiger partial charge in [-0.2, -0.15) is 5.10 Å². The number of rotatable bonds is 2. The van der Waals surface area contributed by atoms with Gasteiger partial charge in [0.15, 0.2) is 5.65 Å². The Kier molecular flexibility index (Phi) is 2.51. The number of fused-ring (bicyclic) bond motifs is 1. The molecule has 17 heavy (non-hydrogen) atoms. The van der Waals surface area contributed by atoms with Gasteiger partial charge in [0.25, 0.3) is 0 Å². The van der Waals surface area contributed by atoms with Crippen molar-refractivity contribution in [3.63, 3.8) is 0 Å². The fraction of sp³-hybridized carbons (Fsp3) is 0.417. The molecule has 0 N–H and O–H groups in total. The molecule has 0 unspecified atom stereocenters. The number of hydrogen-bond acceptors (Lipinski definition) is 4. The van der Waals surface area contributed by atoms with E-state index in [0.29, 0.717) is 0 Å². The van der Waals surface area contributed by atoms with Crippen molar-refractivity contribution in [3.05, 3.63) is 24.5 Å². The topological polar surface area (TPSA) is 50.5 Å². The number of carbonyl (C=O) groups excluding carboxylic acids is 1. The lowest BCUT2D eigenvalue weighted by atomic mass is 9.99. The van der Waals surface area contributed by atoms with Crippen molar-refractivity contribution >= 4 is 17.8 Å². The first-order valence-corrected chi connectivity index (χ1v) is 5.87. The highest BCUT2D eigenvalue weighted by Crippen LogP contribution is 2.20. The number of aromatic nitrogens is 3. The van der Waals surface area contributed by atoms with Crippen molar-refractivity contribution in [2.75, 3.05) is 18.0 Å². The third-order valence-corrected chi connectivity index (χ3v) is 3.30. The van der Waals surface area contributed by atoms with Crippen LogP contribution in [0.1, 0.15) is 12.8 Å². The van der Waals surface area contributed by atoms with E-state index in [0.717, 1.165) is 43.7 Å². The Morgan fingerprint density at radius 3 is 2.88 bits per heavy atom. The molecule has 0 aliphatic carbocycles. The van der Waals surface area contributed by atoms with Crippen LogP contribution in [0.4, 0.5) is 5.82 Å². The van der Waals surface area contributed by atoms with Crippen LogP contribution in [0.25, 0.3) is 5.65 Å². The van der Waals surface area contributed by atoms with Crippen LogP contribution in [-0.4, -0.2) is 34.0 Å². The lowest BCUT2D eigenvalue weighted by Crippen LogP contribution is -2.34. The minimum absolute atomic E-state index is 0.227. The number of carbonyl (C=O) groups is 1. The molecule has 0 amide bonds. The van der Waals surface area contributed by atoms with Crippen molar-refractivity contribution in [2.45, 2.75) is 12.8 Å². The van der Waals surface area contributed by atoms with Crippen LogP contribution in [0.3, 0.4) is 0 Å². The van der Waals surface area contributed by atoms with Crippen molar-refractivity contribution in [1.29, 1.82) is 0 Å². The van der Waals surface area contributed by atoms with E-state index >= 15 is 0 Å². The predicted octanol–water partition coefficient (Wildman–Crippen LogP) is 1.14. The SMILES string of the molecule is O=CC1CCN(c2ccn3nccc3n2)CC1. The van der Waals surface area contributed by atoms with E-state index in [4.69, 9.17) is 0 Å². The minimum Gasteiger partial charge on any atom is -0.356 e. The third kappa shape index (κ3) is 1.88. The molecule has 3 rings (SSSR count). The Balaban J connectivity index is 1.81. The molecule has 2 aromatic rings. The van der Waals surface area contributed by atoms with Crippen LogP contribution < -0.4 is 4.90 Å². The van der Waals surface area contributed by atoms with E-state index in [2.05, 4.69) is 15.0 Å². The van der Waals surface area contributed by atoms with Crippen molar-refractivity contribution in [3.8, 4) is 0 Å². The number of aldehydes is 1. The predicted molar refractivity (Wildman–Crippen MR) is 64.0 cm³/mol. The second-order valence-corrected chi connectivity index (χ2v) is 4.38. The molecular formula is C12H14N4O. The maximum absolute atomic E-state index is 10.7. The summed E-state index contributed by atoms with van der Waals surface area (Å²) in [6, 6.07) is 3.86. The number of anilines is 1. The van der Waals surface area contributed by atoms with Crippen LogP contribution in [-0.2, 0) is 4.79 Å². The second kappa shape index (κ2) is 4.16. The van der Waals surface area contributed by atoms with Gasteiger partial charge in [0.1, 0.15) is 12.1 Å². The molecular weight excluding hydrogens is 216 g/mol. The fourth-order valence-corrected chi connectivity index (χ4v) is 2.24.